The highest BCUT2D eigenvalue weighted by Crippen LogP contribution is 2.25. The Kier molecular flexibility index (Phi) is 7.89. The summed E-state index contributed by atoms with van der Waals surface area (Å²) in [5.74, 6) is -0.582. The third-order valence-corrected chi connectivity index (χ3v) is 3.46. The van der Waals surface area contributed by atoms with Crippen LogP contribution < -0.4 is 15.4 Å². The van der Waals surface area contributed by atoms with E-state index in [2.05, 4.69) is 10.6 Å². The van der Waals surface area contributed by atoms with Crippen molar-refractivity contribution in [1.82, 2.24) is 10.6 Å². The predicted molar refractivity (Wildman–Crippen MR) is 94.7 cm³/mol. The number of esters is 2. The largest absolute Gasteiger partial charge is 0.491 e. The number of carbonyl (C=O) groups excluding carboxylic acids is 3. The third kappa shape index (κ3) is 5.94. The highest BCUT2D eigenvalue weighted by Gasteiger charge is 2.38. The zero-order valence-corrected chi connectivity index (χ0v) is 15.8. The molecule has 0 aromatic heterocycles. The van der Waals surface area contributed by atoms with Crippen LogP contribution in [0.15, 0.2) is 24.3 Å². The molecule has 0 saturated carbocycles. The Morgan fingerprint density at radius 2 is 1.77 bits per heavy atom. The van der Waals surface area contributed by atoms with E-state index >= 15 is 0 Å². The van der Waals surface area contributed by atoms with Gasteiger partial charge in [0.25, 0.3) is 0 Å². The van der Waals surface area contributed by atoms with Gasteiger partial charge >= 0.3 is 18.0 Å². The van der Waals surface area contributed by atoms with Crippen molar-refractivity contribution in [3.63, 3.8) is 0 Å². The summed E-state index contributed by atoms with van der Waals surface area (Å²) in [6.45, 7) is 6.90. The molecule has 0 radical (unpaired) electrons. The maximum Gasteiger partial charge on any atom is 0.336 e. The van der Waals surface area contributed by atoms with E-state index in [4.69, 9.17) is 14.2 Å². The standard InChI is InChI=1S/C18H26N2O6/c1-6-25-15(21)11-19-17(23)20-18(4,16(22)24-5)13-7-9-14(10-8-13)26-12(2)3/h7-10,12H,6,11H2,1-5H3,(H2,19,20,23)/t18-/m0/s1. The summed E-state index contributed by atoms with van der Waals surface area (Å²) in [4.78, 5) is 35.7. The Hall–Kier alpha value is -2.77. The van der Waals surface area contributed by atoms with Crippen molar-refractivity contribution in [1.29, 1.82) is 0 Å². The Morgan fingerprint density at radius 1 is 1.15 bits per heavy atom. The van der Waals surface area contributed by atoms with Gasteiger partial charge in [-0.15, -0.1) is 0 Å². The molecule has 2 N–H and O–H groups in total. The molecule has 0 unspecified atom stereocenters. The average Bonchev–Trinajstić information content (AvgIpc) is 2.59. The minimum atomic E-state index is -1.44. The highest BCUT2D eigenvalue weighted by atomic mass is 16.5. The van der Waals surface area contributed by atoms with Crippen LogP contribution in [0.2, 0.25) is 0 Å². The Bertz CT molecular complexity index is 629. The second-order valence-electron chi connectivity index (χ2n) is 5.92. The first kappa shape index (κ1) is 21.3. The van der Waals surface area contributed by atoms with E-state index in [-0.39, 0.29) is 19.3 Å². The van der Waals surface area contributed by atoms with E-state index in [1.165, 1.54) is 14.0 Å². The summed E-state index contributed by atoms with van der Waals surface area (Å²) in [5, 5.41) is 4.90. The Labute approximate surface area is 153 Å². The van der Waals surface area contributed by atoms with Crippen LogP contribution in [-0.2, 0) is 24.6 Å². The number of hydrogen-bond acceptors (Lipinski definition) is 6. The molecule has 144 valence electrons. The molecule has 0 saturated heterocycles. The van der Waals surface area contributed by atoms with Crippen LogP contribution in [0.3, 0.4) is 0 Å². The predicted octanol–water partition coefficient (Wildman–Crippen LogP) is 1.72. The maximum absolute atomic E-state index is 12.3. The molecule has 26 heavy (non-hydrogen) atoms. The van der Waals surface area contributed by atoms with Crippen molar-refractivity contribution in [2.45, 2.75) is 39.3 Å². The zero-order chi connectivity index (χ0) is 19.7. The molecule has 0 bridgehead atoms. The van der Waals surface area contributed by atoms with Crippen molar-refractivity contribution >= 4 is 18.0 Å². The summed E-state index contributed by atoms with van der Waals surface area (Å²) in [6.07, 6.45) is 0.0135. The fourth-order valence-electron chi connectivity index (χ4n) is 2.22. The van der Waals surface area contributed by atoms with Gasteiger partial charge in [0.05, 0.1) is 19.8 Å². The first-order valence-corrected chi connectivity index (χ1v) is 8.30. The van der Waals surface area contributed by atoms with Crippen LogP contribution in [-0.4, -0.2) is 44.3 Å². The van der Waals surface area contributed by atoms with E-state index in [0.717, 1.165) is 0 Å². The zero-order valence-electron chi connectivity index (χ0n) is 15.8. The molecule has 0 aliphatic carbocycles. The minimum absolute atomic E-state index is 0.0135. The molecular weight excluding hydrogens is 340 g/mol. The van der Waals surface area contributed by atoms with Gasteiger partial charge in [0.2, 0.25) is 0 Å². The lowest BCUT2D eigenvalue weighted by Crippen LogP contribution is -2.54. The van der Waals surface area contributed by atoms with Crippen molar-refractivity contribution in [3.05, 3.63) is 29.8 Å². The number of rotatable bonds is 8. The van der Waals surface area contributed by atoms with Crippen LogP contribution >= 0.6 is 0 Å². The van der Waals surface area contributed by atoms with Gasteiger partial charge in [0, 0.05) is 0 Å². The van der Waals surface area contributed by atoms with Crippen LogP contribution in [0.4, 0.5) is 4.79 Å². The molecular formula is C18H26N2O6. The number of methoxy groups -OCH3 is 1. The highest BCUT2D eigenvalue weighted by molar-refractivity contribution is 5.89. The van der Waals surface area contributed by atoms with Gasteiger partial charge in [-0.25, -0.2) is 9.59 Å². The fourth-order valence-corrected chi connectivity index (χ4v) is 2.22. The summed E-state index contributed by atoms with van der Waals surface area (Å²) in [6, 6.07) is 6.04. The molecule has 0 aliphatic heterocycles. The smallest absolute Gasteiger partial charge is 0.336 e. The molecule has 2 amide bonds. The molecule has 1 aromatic rings. The average molecular weight is 366 g/mol. The quantitative estimate of drug-likeness (QED) is 0.679. The SMILES string of the molecule is CCOC(=O)CNC(=O)N[C@](C)(C(=O)OC)c1ccc(OC(C)C)cc1. The van der Waals surface area contributed by atoms with E-state index < -0.39 is 23.5 Å². The minimum Gasteiger partial charge on any atom is -0.491 e. The molecule has 8 nitrogen and oxygen atoms in total. The normalized spacial score (nSPS) is 12.7. The van der Waals surface area contributed by atoms with Gasteiger partial charge in [0.15, 0.2) is 5.54 Å². The van der Waals surface area contributed by atoms with Crippen LogP contribution in [0.1, 0.15) is 33.3 Å². The van der Waals surface area contributed by atoms with E-state index in [9.17, 15) is 14.4 Å². The molecule has 0 fully saturated rings. The number of benzene rings is 1. The van der Waals surface area contributed by atoms with Crippen molar-refractivity contribution < 1.29 is 28.6 Å². The number of hydrogen-bond donors (Lipinski definition) is 2. The number of amides is 2. The number of nitrogens with one attached hydrogen (secondary N) is 2. The summed E-state index contributed by atoms with van der Waals surface area (Å²) >= 11 is 0. The number of ether oxygens (including phenoxy) is 3. The van der Waals surface area contributed by atoms with Crippen molar-refractivity contribution in [2.24, 2.45) is 0 Å². The van der Waals surface area contributed by atoms with Crippen molar-refractivity contribution in [2.75, 3.05) is 20.3 Å². The number of carbonyl (C=O) groups is 3. The lowest BCUT2D eigenvalue weighted by Gasteiger charge is -2.28. The Morgan fingerprint density at radius 3 is 2.27 bits per heavy atom. The monoisotopic (exact) mass is 366 g/mol. The molecule has 8 heteroatoms. The first-order valence-electron chi connectivity index (χ1n) is 8.30. The lowest BCUT2D eigenvalue weighted by atomic mass is 9.92. The van der Waals surface area contributed by atoms with Crippen LogP contribution in [0.25, 0.3) is 0 Å². The second-order valence-corrected chi connectivity index (χ2v) is 5.92. The molecule has 1 atom stereocenters. The van der Waals surface area contributed by atoms with E-state index in [0.29, 0.717) is 11.3 Å². The molecule has 1 rings (SSSR count). The first-order chi connectivity index (χ1) is 12.2. The second kappa shape index (κ2) is 9.65. The van der Waals surface area contributed by atoms with Gasteiger partial charge in [-0.05, 0) is 45.4 Å². The van der Waals surface area contributed by atoms with Gasteiger partial charge in [-0.1, -0.05) is 12.1 Å². The van der Waals surface area contributed by atoms with E-state index in [1.54, 1.807) is 31.2 Å². The maximum atomic E-state index is 12.3. The molecule has 0 heterocycles. The van der Waals surface area contributed by atoms with Crippen LogP contribution in [0, 0.1) is 0 Å². The van der Waals surface area contributed by atoms with Gasteiger partial charge in [0.1, 0.15) is 12.3 Å². The van der Waals surface area contributed by atoms with E-state index in [1.807, 2.05) is 13.8 Å². The third-order valence-electron chi connectivity index (χ3n) is 3.46. The summed E-state index contributed by atoms with van der Waals surface area (Å²) in [7, 11) is 1.23. The lowest BCUT2D eigenvalue weighted by molar-refractivity contribution is -0.147. The van der Waals surface area contributed by atoms with Gasteiger partial charge in [-0.3, -0.25) is 4.79 Å². The summed E-state index contributed by atoms with van der Waals surface area (Å²) in [5.41, 5.74) is -0.934. The van der Waals surface area contributed by atoms with Gasteiger partial charge in [-0.2, -0.15) is 0 Å². The van der Waals surface area contributed by atoms with Crippen LogP contribution in [0.5, 0.6) is 5.75 Å². The molecule has 0 spiro atoms. The number of urea groups is 1. The molecule has 1 aromatic carbocycles. The topological polar surface area (TPSA) is 103 Å². The van der Waals surface area contributed by atoms with Crippen molar-refractivity contribution in [3.8, 4) is 5.75 Å². The van der Waals surface area contributed by atoms with Gasteiger partial charge < -0.3 is 24.8 Å². The Balaban J connectivity index is 2.91. The summed E-state index contributed by atoms with van der Waals surface area (Å²) < 4.78 is 15.1. The molecule has 0 aliphatic rings. The fraction of sp³-hybridized carbons (Fsp3) is 0.500.